The zero-order chi connectivity index (χ0) is 24.2. The highest BCUT2D eigenvalue weighted by molar-refractivity contribution is 5.98. The molecule has 4 rings (SSSR count). The molecule has 8 nitrogen and oxygen atoms in total. The van der Waals surface area contributed by atoms with Crippen molar-refractivity contribution in [1.29, 1.82) is 0 Å². The van der Waals surface area contributed by atoms with Gasteiger partial charge < -0.3 is 26.8 Å². The largest absolute Gasteiger partial charge is 0.496 e. The molecule has 8 heteroatoms. The van der Waals surface area contributed by atoms with Gasteiger partial charge in [0.25, 0.3) is 5.91 Å². The normalized spacial score (nSPS) is 17.8. The van der Waals surface area contributed by atoms with Crippen molar-refractivity contribution in [3.8, 4) is 16.9 Å². The van der Waals surface area contributed by atoms with E-state index in [9.17, 15) is 4.79 Å². The number of amides is 1. The lowest BCUT2D eigenvalue weighted by Crippen LogP contribution is -2.43. The van der Waals surface area contributed by atoms with Crippen LogP contribution in [0.3, 0.4) is 0 Å². The summed E-state index contributed by atoms with van der Waals surface area (Å²) in [7, 11) is 1.68. The van der Waals surface area contributed by atoms with Crippen molar-refractivity contribution in [2.45, 2.75) is 51.6 Å². The van der Waals surface area contributed by atoms with Crippen LogP contribution in [0.2, 0.25) is 0 Å². The molecule has 0 unspecified atom stereocenters. The molecular weight excluding hydrogens is 428 g/mol. The first-order valence-electron chi connectivity index (χ1n) is 11.6. The standard InChI is InChI=1S/C26H32N6O2/c1-15-11-18(13-23(34-3)16(15)2)17-7-6-8-19(12-17)30-25-20(24(28)33)14-29-26(32-25)31-22-10-5-4-9-21(22)27/h6-8,11-14,21-22H,4-5,9-10,27H2,1-3H3,(H2,28,33)(H2,29,30,31,32)/t21-,22+/m0/s1. The summed E-state index contributed by atoms with van der Waals surface area (Å²) in [6, 6.07) is 12.2. The fraction of sp³-hybridized carbons (Fsp3) is 0.346. The predicted octanol–water partition coefficient (Wildman–Crippen LogP) is 4.29. The fourth-order valence-corrected chi connectivity index (χ4v) is 4.35. The molecule has 3 aromatic rings. The number of rotatable bonds is 7. The van der Waals surface area contributed by atoms with Gasteiger partial charge in [0.1, 0.15) is 17.1 Å². The van der Waals surface area contributed by atoms with Crippen LogP contribution < -0.4 is 26.8 Å². The molecule has 1 amide bonds. The SMILES string of the molecule is COc1cc(-c2cccc(Nc3nc(N[C@@H]4CCCC[C@@H]4N)ncc3C(N)=O)c2)cc(C)c1C. The smallest absolute Gasteiger partial charge is 0.254 e. The second kappa shape index (κ2) is 10.1. The Morgan fingerprint density at radius 3 is 2.65 bits per heavy atom. The van der Waals surface area contributed by atoms with Crippen LogP contribution in [0.25, 0.3) is 11.1 Å². The number of primary amides is 1. The van der Waals surface area contributed by atoms with Gasteiger partial charge in [-0.2, -0.15) is 4.98 Å². The number of aryl methyl sites for hydroxylation is 1. The molecule has 1 saturated carbocycles. The first-order chi connectivity index (χ1) is 16.4. The molecule has 1 heterocycles. The summed E-state index contributed by atoms with van der Waals surface area (Å²) in [5, 5.41) is 6.58. The van der Waals surface area contributed by atoms with Gasteiger partial charge in [-0.1, -0.05) is 31.0 Å². The van der Waals surface area contributed by atoms with Gasteiger partial charge in [0.2, 0.25) is 5.95 Å². The maximum absolute atomic E-state index is 12.0. The summed E-state index contributed by atoms with van der Waals surface area (Å²) >= 11 is 0. The molecule has 1 aliphatic rings. The summed E-state index contributed by atoms with van der Waals surface area (Å²) < 4.78 is 5.54. The quantitative estimate of drug-likeness (QED) is 0.414. The Morgan fingerprint density at radius 1 is 1.12 bits per heavy atom. The Morgan fingerprint density at radius 2 is 1.91 bits per heavy atom. The van der Waals surface area contributed by atoms with E-state index in [1.807, 2.05) is 37.3 Å². The van der Waals surface area contributed by atoms with Crippen molar-refractivity contribution in [3.05, 3.63) is 59.3 Å². The average molecular weight is 461 g/mol. The predicted molar refractivity (Wildman–Crippen MR) is 136 cm³/mol. The highest BCUT2D eigenvalue weighted by Crippen LogP contribution is 2.32. The van der Waals surface area contributed by atoms with Crippen molar-refractivity contribution in [2.24, 2.45) is 11.5 Å². The fourth-order valence-electron chi connectivity index (χ4n) is 4.35. The van der Waals surface area contributed by atoms with Gasteiger partial charge in [0.05, 0.1) is 7.11 Å². The van der Waals surface area contributed by atoms with E-state index >= 15 is 0 Å². The topological polar surface area (TPSA) is 128 Å². The minimum absolute atomic E-state index is 0.0521. The van der Waals surface area contributed by atoms with E-state index in [-0.39, 0.29) is 17.6 Å². The molecule has 0 saturated heterocycles. The summed E-state index contributed by atoms with van der Waals surface area (Å²) in [5.41, 5.74) is 17.2. The molecule has 6 N–H and O–H groups in total. The highest BCUT2D eigenvalue weighted by Gasteiger charge is 2.23. The number of carbonyl (C=O) groups is 1. The number of nitrogens with two attached hydrogens (primary N) is 2. The third-order valence-corrected chi connectivity index (χ3v) is 6.49. The van der Waals surface area contributed by atoms with Gasteiger partial charge in [-0.3, -0.25) is 4.79 Å². The molecule has 2 atom stereocenters. The first-order valence-corrected chi connectivity index (χ1v) is 11.6. The molecule has 0 aliphatic heterocycles. The molecule has 1 aliphatic carbocycles. The molecular formula is C26H32N6O2. The van der Waals surface area contributed by atoms with E-state index in [0.29, 0.717) is 11.8 Å². The first kappa shape index (κ1) is 23.5. The third kappa shape index (κ3) is 5.12. The Bertz CT molecular complexity index is 1200. The van der Waals surface area contributed by atoms with Crippen molar-refractivity contribution in [1.82, 2.24) is 9.97 Å². The van der Waals surface area contributed by atoms with Crippen LogP contribution in [0.1, 0.15) is 47.2 Å². The Labute approximate surface area is 200 Å². The van der Waals surface area contributed by atoms with Crippen LogP contribution >= 0.6 is 0 Å². The molecule has 34 heavy (non-hydrogen) atoms. The molecule has 1 aromatic heterocycles. The van der Waals surface area contributed by atoms with Crippen LogP contribution in [0.4, 0.5) is 17.5 Å². The lowest BCUT2D eigenvalue weighted by molar-refractivity contribution is 0.100. The van der Waals surface area contributed by atoms with Gasteiger partial charge >= 0.3 is 0 Å². The average Bonchev–Trinajstić information content (AvgIpc) is 2.82. The Hall–Kier alpha value is -3.65. The molecule has 0 bridgehead atoms. The number of benzene rings is 2. The van der Waals surface area contributed by atoms with Crippen molar-refractivity contribution >= 4 is 23.4 Å². The van der Waals surface area contributed by atoms with Crippen LogP contribution in [-0.4, -0.2) is 35.1 Å². The Kier molecular flexibility index (Phi) is 6.98. The second-order valence-electron chi connectivity index (χ2n) is 8.85. The minimum Gasteiger partial charge on any atom is -0.496 e. The zero-order valence-corrected chi connectivity index (χ0v) is 19.9. The van der Waals surface area contributed by atoms with Crippen LogP contribution in [-0.2, 0) is 0 Å². The number of carbonyl (C=O) groups excluding carboxylic acids is 1. The van der Waals surface area contributed by atoms with E-state index in [1.165, 1.54) is 6.20 Å². The number of anilines is 3. The molecule has 2 aromatic carbocycles. The third-order valence-electron chi connectivity index (χ3n) is 6.49. The van der Waals surface area contributed by atoms with Crippen molar-refractivity contribution in [2.75, 3.05) is 17.7 Å². The van der Waals surface area contributed by atoms with Gasteiger partial charge in [0.15, 0.2) is 0 Å². The molecule has 178 valence electrons. The van der Waals surface area contributed by atoms with Crippen molar-refractivity contribution < 1.29 is 9.53 Å². The maximum Gasteiger partial charge on any atom is 0.254 e. The van der Waals surface area contributed by atoms with Crippen LogP contribution in [0, 0.1) is 13.8 Å². The lowest BCUT2D eigenvalue weighted by atomic mass is 9.91. The Balaban J connectivity index is 1.63. The van der Waals surface area contributed by atoms with E-state index < -0.39 is 5.91 Å². The summed E-state index contributed by atoms with van der Waals surface area (Å²) in [5.74, 6) is 1.02. The summed E-state index contributed by atoms with van der Waals surface area (Å²) in [6.07, 6.45) is 5.64. The number of nitrogens with one attached hydrogen (secondary N) is 2. The number of hydrogen-bond acceptors (Lipinski definition) is 7. The van der Waals surface area contributed by atoms with Gasteiger partial charge in [0, 0.05) is 24.0 Å². The van der Waals surface area contributed by atoms with Gasteiger partial charge in [-0.25, -0.2) is 4.98 Å². The number of hydrogen-bond donors (Lipinski definition) is 4. The number of nitrogens with zero attached hydrogens (tertiary/aromatic N) is 2. The molecule has 0 radical (unpaired) electrons. The van der Waals surface area contributed by atoms with E-state index in [0.717, 1.165) is 59.4 Å². The zero-order valence-electron chi connectivity index (χ0n) is 19.9. The lowest BCUT2D eigenvalue weighted by Gasteiger charge is -2.29. The van der Waals surface area contributed by atoms with Crippen molar-refractivity contribution in [3.63, 3.8) is 0 Å². The second-order valence-corrected chi connectivity index (χ2v) is 8.85. The maximum atomic E-state index is 12.0. The monoisotopic (exact) mass is 460 g/mol. The summed E-state index contributed by atoms with van der Waals surface area (Å²) in [6.45, 7) is 4.11. The number of aromatic nitrogens is 2. The molecule has 1 fully saturated rings. The van der Waals surface area contributed by atoms with E-state index in [2.05, 4.69) is 33.6 Å². The number of ether oxygens (including phenoxy) is 1. The molecule has 0 spiro atoms. The number of methoxy groups -OCH3 is 1. The van der Waals surface area contributed by atoms with E-state index in [4.69, 9.17) is 16.2 Å². The van der Waals surface area contributed by atoms with Crippen LogP contribution in [0.5, 0.6) is 5.75 Å². The van der Waals surface area contributed by atoms with Crippen LogP contribution in [0.15, 0.2) is 42.6 Å². The van der Waals surface area contributed by atoms with E-state index in [1.54, 1.807) is 7.11 Å². The highest BCUT2D eigenvalue weighted by atomic mass is 16.5. The van der Waals surface area contributed by atoms with Gasteiger partial charge in [-0.15, -0.1) is 0 Å². The van der Waals surface area contributed by atoms with Gasteiger partial charge in [-0.05, 0) is 67.1 Å². The minimum atomic E-state index is -0.599. The summed E-state index contributed by atoms with van der Waals surface area (Å²) in [4.78, 5) is 20.9.